The van der Waals surface area contributed by atoms with Crippen molar-refractivity contribution >= 4 is 17.5 Å². The summed E-state index contributed by atoms with van der Waals surface area (Å²) in [7, 11) is 3.20. The van der Waals surface area contributed by atoms with E-state index in [0.717, 1.165) is 11.1 Å². The number of hydrogen-bond acceptors (Lipinski definition) is 5. The van der Waals surface area contributed by atoms with Crippen molar-refractivity contribution in [2.24, 2.45) is 0 Å². The molecule has 0 saturated carbocycles. The Labute approximate surface area is 215 Å². The normalized spacial score (nSPS) is 16.6. The van der Waals surface area contributed by atoms with Crippen molar-refractivity contribution in [2.45, 2.75) is 18.5 Å². The average Bonchev–Trinajstić information content (AvgIpc) is 2.96. The van der Waals surface area contributed by atoms with Gasteiger partial charge in [-0.15, -0.1) is 0 Å². The molecule has 4 aromatic rings. The molecule has 186 valence electrons. The third-order valence-corrected chi connectivity index (χ3v) is 6.65. The molecule has 2 amide bonds. The highest BCUT2D eigenvalue weighted by molar-refractivity contribution is 6.11. The summed E-state index contributed by atoms with van der Waals surface area (Å²) in [6.07, 6.45) is 3.39. The van der Waals surface area contributed by atoms with E-state index in [1.807, 2.05) is 78.9 Å². The quantitative estimate of drug-likeness (QED) is 0.396. The molecule has 7 heteroatoms. The van der Waals surface area contributed by atoms with Gasteiger partial charge in [0.15, 0.2) is 0 Å². The number of hydrogen-bond donors (Lipinski definition) is 1. The van der Waals surface area contributed by atoms with Crippen LogP contribution < -0.4 is 19.7 Å². The monoisotopic (exact) mass is 493 g/mol. The number of rotatable bonds is 7. The highest BCUT2D eigenvalue weighted by Crippen LogP contribution is 2.45. The van der Waals surface area contributed by atoms with Crippen LogP contribution >= 0.6 is 0 Å². The molecule has 0 bridgehead atoms. The van der Waals surface area contributed by atoms with Crippen molar-refractivity contribution in [1.82, 2.24) is 10.3 Å². The number of fused-ring (bicyclic) bond motifs is 1. The molecule has 5 rings (SSSR count). The summed E-state index contributed by atoms with van der Waals surface area (Å²) < 4.78 is 10.7. The van der Waals surface area contributed by atoms with Crippen LogP contribution in [0.2, 0.25) is 0 Å². The van der Waals surface area contributed by atoms with Crippen LogP contribution in [-0.4, -0.2) is 31.0 Å². The number of carbonyl (C=O) groups excluding carboxylic acids is 2. The minimum atomic E-state index is -0.647. The predicted molar refractivity (Wildman–Crippen MR) is 141 cm³/mol. The Morgan fingerprint density at radius 1 is 0.865 bits per heavy atom. The number of ether oxygens (including phenoxy) is 2. The van der Waals surface area contributed by atoms with Gasteiger partial charge in [0.05, 0.1) is 26.2 Å². The summed E-state index contributed by atoms with van der Waals surface area (Å²) in [5, 5.41) is 3.09. The van der Waals surface area contributed by atoms with Crippen LogP contribution in [-0.2, 0) is 11.3 Å². The number of nitrogens with zero attached hydrogens (tertiary/aromatic N) is 2. The number of amides is 2. The Bertz CT molecular complexity index is 1390. The fraction of sp³-hybridized carbons (Fsp3) is 0.167. The number of anilines is 1. The van der Waals surface area contributed by atoms with E-state index in [1.54, 1.807) is 37.6 Å². The van der Waals surface area contributed by atoms with Crippen LogP contribution in [0.4, 0.5) is 5.69 Å². The van der Waals surface area contributed by atoms with Gasteiger partial charge in [-0.25, -0.2) is 0 Å². The first kappa shape index (κ1) is 24.1. The third-order valence-electron chi connectivity index (χ3n) is 6.65. The van der Waals surface area contributed by atoms with Crippen molar-refractivity contribution < 1.29 is 19.1 Å². The summed E-state index contributed by atoms with van der Waals surface area (Å²) >= 11 is 0. The number of aromatic nitrogens is 1. The molecular weight excluding hydrogens is 466 g/mol. The van der Waals surface area contributed by atoms with E-state index < -0.39 is 12.0 Å². The molecule has 37 heavy (non-hydrogen) atoms. The first-order chi connectivity index (χ1) is 18.1. The van der Waals surface area contributed by atoms with Crippen molar-refractivity contribution in [2.75, 3.05) is 19.1 Å². The number of methoxy groups -OCH3 is 2. The Morgan fingerprint density at radius 2 is 1.49 bits per heavy atom. The van der Waals surface area contributed by atoms with Crippen LogP contribution in [0.25, 0.3) is 0 Å². The zero-order valence-electron chi connectivity index (χ0n) is 20.6. The van der Waals surface area contributed by atoms with E-state index in [-0.39, 0.29) is 11.8 Å². The Kier molecular flexibility index (Phi) is 6.85. The summed E-state index contributed by atoms with van der Waals surface area (Å²) in [5.41, 5.74) is 3.64. The molecule has 1 aliphatic heterocycles. The standard InChI is InChI=1S/C30H27N3O4/c1-36-23-11-7-21(8-12-23)28-27(29(34)32-19-20-15-17-31-18-16-20)25-5-3-4-6-26(25)30(35)33(28)22-9-13-24(37-2)14-10-22/h3-18,27-28H,19H2,1-2H3,(H,32,34)/t27-,28-/m0/s1. The van der Waals surface area contributed by atoms with Gasteiger partial charge in [-0.05, 0) is 71.3 Å². The second-order valence-corrected chi connectivity index (χ2v) is 8.73. The number of carbonyl (C=O) groups is 2. The maximum absolute atomic E-state index is 14.0. The van der Waals surface area contributed by atoms with Crippen molar-refractivity contribution in [3.8, 4) is 11.5 Å². The number of pyridine rings is 1. The van der Waals surface area contributed by atoms with E-state index in [2.05, 4.69) is 10.3 Å². The van der Waals surface area contributed by atoms with Gasteiger partial charge in [-0.3, -0.25) is 19.5 Å². The van der Waals surface area contributed by atoms with E-state index >= 15 is 0 Å². The second kappa shape index (κ2) is 10.5. The van der Waals surface area contributed by atoms with Gasteiger partial charge in [0.25, 0.3) is 5.91 Å². The molecule has 7 nitrogen and oxygen atoms in total. The lowest BCUT2D eigenvalue weighted by atomic mass is 9.78. The molecule has 0 radical (unpaired) electrons. The van der Waals surface area contributed by atoms with E-state index in [4.69, 9.17) is 9.47 Å². The van der Waals surface area contributed by atoms with E-state index in [9.17, 15) is 9.59 Å². The van der Waals surface area contributed by atoms with Crippen LogP contribution in [0.15, 0.2) is 97.3 Å². The molecule has 2 atom stereocenters. The summed E-state index contributed by atoms with van der Waals surface area (Å²) in [6, 6.07) is 25.3. The maximum Gasteiger partial charge on any atom is 0.259 e. The highest BCUT2D eigenvalue weighted by Gasteiger charge is 2.44. The van der Waals surface area contributed by atoms with Gasteiger partial charge in [-0.2, -0.15) is 0 Å². The van der Waals surface area contributed by atoms with Crippen LogP contribution in [0.1, 0.15) is 39.0 Å². The molecule has 1 aromatic heterocycles. The zero-order valence-corrected chi connectivity index (χ0v) is 20.6. The summed E-state index contributed by atoms with van der Waals surface area (Å²) in [6.45, 7) is 0.353. The summed E-state index contributed by atoms with van der Waals surface area (Å²) in [4.78, 5) is 33.6. The maximum atomic E-state index is 14.0. The van der Waals surface area contributed by atoms with Crippen molar-refractivity contribution in [3.63, 3.8) is 0 Å². The molecule has 0 unspecified atom stereocenters. The largest absolute Gasteiger partial charge is 0.497 e. The van der Waals surface area contributed by atoms with Crippen molar-refractivity contribution in [1.29, 1.82) is 0 Å². The minimum absolute atomic E-state index is 0.167. The molecule has 0 saturated heterocycles. The zero-order chi connectivity index (χ0) is 25.8. The van der Waals surface area contributed by atoms with Gasteiger partial charge in [0.2, 0.25) is 5.91 Å². The molecule has 3 aromatic carbocycles. The van der Waals surface area contributed by atoms with Gasteiger partial charge < -0.3 is 14.8 Å². The topological polar surface area (TPSA) is 80.8 Å². The fourth-order valence-electron chi connectivity index (χ4n) is 4.79. The lowest BCUT2D eigenvalue weighted by Crippen LogP contribution is -2.47. The number of benzene rings is 3. The molecule has 1 N–H and O–H groups in total. The van der Waals surface area contributed by atoms with Crippen LogP contribution in [0.3, 0.4) is 0 Å². The van der Waals surface area contributed by atoms with Gasteiger partial charge in [-0.1, -0.05) is 30.3 Å². The smallest absolute Gasteiger partial charge is 0.259 e. The molecule has 2 heterocycles. The van der Waals surface area contributed by atoms with E-state index in [0.29, 0.717) is 34.9 Å². The molecule has 1 aliphatic rings. The lowest BCUT2D eigenvalue weighted by molar-refractivity contribution is -0.123. The van der Waals surface area contributed by atoms with Crippen LogP contribution in [0, 0.1) is 0 Å². The first-order valence-electron chi connectivity index (χ1n) is 12.0. The van der Waals surface area contributed by atoms with Gasteiger partial charge in [0.1, 0.15) is 11.5 Å². The molecule has 0 spiro atoms. The summed E-state index contributed by atoms with van der Waals surface area (Å²) in [5.74, 6) is 0.393. The molecule has 0 aliphatic carbocycles. The minimum Gasteiger partial charge on any atom is -0.497 e. The van der Waals surface area contributed by atoms with Crippen LogP contribution in [0.5, 0.6) is 11.5 Å². The highest BCUT2D eigenvalue weighted by atomic mass is 16.5. The molecular formula is C30H27N3O4. The third kappa shape index (κ3) is 4.76. The lowest BCUT2D eigenvalue weighted by Gasteiger charge is -2.42. The van der Waals surface area contributed by atoms with Gasteiger partial charge in [0, 0.05) is 30.2 Å². The molecule has 0 fully saturated rings. The second-order valence-electron chi connectivity index (χ2n) is 8.73. The van der Waals surface area contributed by atoms with E-state index in [1.165, 1.54) is 0 Å². The fourth-order valence-corrected chi connectivity index (χ4v) is 4.79. The van der Waals surface area contributed by atoms with Crippen molar-refractivity contribution in [3.05, 3.63) is 120 Å². The first-order valence-corrected chi connectivity index (χ1v) is 12.0. The predicted octanol–water partition coefficient (Wildman–Crippen LogP) is 4.90. The SMILES string of the molecule is COc1ccc([C@H]2[C@@H](C(=O)NCc3ccncc3)c3ccccc3C(=O)N2c2ccc(OC)cc2)cc1. The van der Waals surface area contributed by atoms with Gasteiger partial charge >= 0.3 is 0 Å². The Hall–Kier alpha value is -4.65. The number of nitrogens with one attached hydrogen (secondary N) is 1. The average molecular weight is 494 g/mol. The Morgan fingerprint density at radius 3 is 2.14 bits per heavy atom. The Balaban J connectivity index is 1.63.